The number of hydrogen-bond donors (Lipinski definition) is 2. The smallest absolute Gasteiger partial charge is 0.254 e. The lowest BCUT2D eigenvalue weighted by atomic mass is 10.0. The molecule has 3 N–H and O–H groups in total. The Morgan fingerprint density at radius 1 is 1.44 bits per heavy atom. The van der Waals surface area contributed by atoms with Crippen LogP contribution >= 0.6 is 0 Å². The van der Waals surface area contributed by atoms with Crippen molar-refractivity contribution < 1.29 is 9.18 Å². The maximum absolute atomic E-state index is 13.9. The number of rotatable bonds is 2. The van der Waals surface area contributed by atoms with E-state index in [1.807, 2.05) is 6.08 Å². The van der Waals surface area contributed by atoms with E-state index in [2.05, 4.69) is 11.4 Å². The summed E-state index contributed by atoms with van der Waals surface area (Å²) in [4.78, 5) is 12.0. The number of anilines is 1. The highest BCUT2D eigenvalue weighted by Gasteiger charge is 2.18. The molecule has 18 heavy (non-hydrogen) atoms. The Kier molecular flexibility index (Phi) is 3.65. The molecule has 0 saturated carbocycles. The number of nitrogens with two attached hydrogens (primary N) is 1. The van der Waals surface area contributed by atoms with Crippen LogP contribution < -0.4 is 11.1 Å². The summed E-state index contributed by atoms with van der Waals surface area (Å²) >= 11 is 0. The van der Waals surface area contributed by atoms with Gasteiger partial charge in [0.25, 0.3) is 5.91 Å². The summed E-state index contributed by atoms with van der Waals surface area (Å²) in [5.74, 6) is -0.878. The van der Waals surface area contributed by atoms with Gasteiger partial charge in [-0.25, -0.2) is 4.39 Å². The van der Waals surface area contributed by atoms with Crippen molar-refractivity contribution in [3.8, 4) is 0 Å². The number of halogens is 1. The fourth-order valence-corrected chi connectivity index (χ4v) is 2.15. The lowest BCUT2D eigenvalue weighted by Gasteiger charge is -2.19. The molecule has 4 heteroatoms. The Hall–Kier alpha value is -1.84. The molecule has 1 aliphatic carbocycles. The van der Waals surface area contributed by atoms with E-state index >= 15 is 0 Å². The molecule has 1 aromatic carbocycles. The van der Waals surface area contributed by atoms with Gasteiger partial charge >= 0.3 is 0 Å². The van der Waals surface area contributed by atoms with Crippen molar-refractivity contribution >= 4 is 11.6 Å². The zero-order valence-electron chi connectivity index (χ0n) is 10.4. The maximum Gasteiger partial charge on any atom is 0.254 e. The number of nitrogens with one attached hydrogen (secondary N) is 1. The van der Waals surface area contributed by atoms with Crippen molar-refractivity contribution in [2.75, 3.05) is 5.73 Å². The zero-order valence-corrected chi connectivity index (χ0v) is 10.4. The second-order valence-electron chi connectivity index (χ2n) is 4.65. The molecule has 2 rings (SSSR count). The van der Waals surface area contributed by atoms with Crippen LogP contribution in [0.15, 0.2) is 24.3 Å². The van der Waals surface area contributed by atoms with Crippen LogP contribution in [0.2, 0.25) is 0 Å². The van der Waals surface area contributed by atoms with Gasteiger partial charge in [0.1, 0.15) is 5.82 Å². The fraction of sp³-hybridized carbons (Fsp3) is 0.357. The lowest BCUT2D eigenvalue weighted by Crippen LogP contribution is -2.35. The van der Waals surface area contributed by atoms with Crippen LogP contribution in [0.1, 0.15) is 35.2 Å². The standard InChI is InChI=1S/C14H17FN2O/c1-9-7-10(16)8-12(13(9)15)14(18)17-11-5-3-2-4-6-11/h2-3,7-8,11H,4-6,16H2,1H3,(H,17,18). The monoisotopic (exact) mass is 248 g/mol. The minimum absolute atomic E-state index is 0.0297. The highest BCUT2D eigenvalue weighted by Crippen LogP contribution is 2.18. The molecule has 0 aliphatic heterocycles. The summed E-state index contributed by atoms with van der Waals surface area (Å²) in [6.07, 6.45) is 6.77. The molecule has 0 aromatic heterocycles. The van der Waals surface area contributed by atoms with E-state index in [-0.39, 0.29) is 17.5 Å². The first-order valence-electron chi connectivity index (χ1n) is 6.09. The summed E-state index contributed by atoms with van der Waals surface area (Å²) in [6, 6.07) is 3.00. The molecule has 1 unspecified atom stereocenters. The number of benzene rings is 1. The third kappa shape index (κ3) is 2.70. The number of carbonyl (C=O) groups is 1. The molecule has 0 radical (unpaired) electrons. The highest BCUT2D eigenvalue weighted by molar-refractivity contribution is 5.95. The fourth-order valence-electron chi connectivity index (χ4n) is 2.15. The van der Waals surface area contributed by atoms with Crippen LogP contribution in [0.4, 0.5) is 10.1 Å². The van der Waals surface area contributed by atoms with Gasteiger partial charge in [-0.05, 0) is 43.9 Å². The maximum atomic E-state index is 13.9. The molecule has 96 valence electrons. The molecular weight excluding hydrogens is 231 g/mol. The van der Waals surface area contributed by atoms with Crippen molar-refractivity contribution in [2.45, 2.75) is 32.2 Å². The van der Waals surface area contributed by atoms with Crippen LogP contribution in [-0.4, -0.2) is 11.9 Å². The third-order valence-electron chi connectivity index (χ3n) is 3.13. The quantitative estimate of drug-likeness (QED) is 0.624. The summed E-state index contributed by atoms with van der Waals surface area (Å²) in [5, 5.41) is 2.84. The SMILES string of the molecule is Cc1cc(N)cc(C(=O)NC2CC=CCC2)c1F. The number of amides is 1. The summed E-state index contributed by atoms with van der Waals surface area (Å²) in [6.45, 7) is 1.60. The minimum atomic E-state index is -0.493. The normalized spacial score (nSPS) is 18.7. The number of allylic oxidation sites excluding steroid dienone is 1. The molecule has 0 bridgehead atoms. The van der Waals surface area contributed by atoms with Gasteiger partial charge in [-0.2, -0.15) is 0 Å². The van der Waals surface area contributed by atoms with Gasteiger partial charge in [0, 0.05) is 11.7 Å². The van der Waals surface area contributed by atoms with Crippen molar-refractivity contribution in [1.29, 1.82) is 0 Å². The predicted octanol–water partition coefficient (Wildman–Crippen LogP) is 2.55. The van der Waals surface area contributed by atoms with Gasteiger partial charge in [-0.3, -0.25) is 4.79 Å². The molecule has 3 nitrogen and oxygen atoms in total. The first-order valence-corrected chi connectivity index (χ1v) is 6.09. The van der Waals surface area contributed by atoms with Gasteiger partial charge in [-0.15, -0.1) is 0 Å². The van der Waals surface area contributed by atoms with Crippen LogP contribution in [0.5, 0.6) is 0 Å². The van der Waals surface area contributed by atoms with Crippen molar-refractivity contribution in [2.24, 2.45) is 0 Å². The van der Waals surface area contributed by atoms with Gasteiger partial charge in [0.15, 0.2) is 0 Å². The van der Waals surface area contributed by atoms with Crippen LogP contribution in [0.3, 0.4) is 0 Å². The Balaban J connectivity index is 2.15. The summed E-state index contributed by atoms with van der Waals surface area (Å²) < 4.78 is 13.9. The van der Waals surface area contributed by atoms with E-state index in [0.29, 0.717) is 11.3 Å². The molecule has 1 atom stereocenters. The van der Waals surface area contributed by atoms with Crippen molar-refractivity contribution in [3.05, 3.63) is 41.2 Å². The molecule has 0 saturated heterocycles. The van der Waals surface area contributed by atoms with Gasteiger partial charge in [0.05, 0.1) is 5.56 Å². The van der Waals surface area contributed by atoms with E-state index in [9.17, 15) is 9.18 Å². The van der Waals surface area contributed by atoms with E-state index < -0.39 is 5.82 Å². The predicted molar refractivity (Wildman–Crippen MR) is 69.8 cm³/mol. The third-order valence-corrected chi connectivity index (χ3v) is 3.13. The minimum Gasteiger partial charge on any atom is -0.399 e. The topological polar surface area (TPSA) is 55.1 Å². The molecule has 1 aromatic rings. The highest BCUT2D eigenvalue weighted by atomic mass is 19.1. The van der Waals surface area contributed by atoms with Gasteiger partial charge in [0.2, 0.25) is 0 Å². The first-order chi connectivity index (χ1) is 8.58. The van der Waals surface area contributed by atoms with E-state index in [1.165, 1.54) is 12.1 Å². The second-order valence-corrected chi connectivity index (χ2v) is 4.65. The average Bonchev–Trinajstić information content (AvgIpc) is 2.35. The van der Waals surface area contributed by atoms with Crippen molar-refractivity contribution in [1.82, 2.24) is 5.32 Å². The Bertz CT molecular complexity index is 497. The van der Waals surface area contributed by atoms with Gasteiger partial charge < -0.3 is 11.1 Å². The van der Waals surface area contributed by atoms with E-state index in [0.717, 1.165) is 19.3 Å². The average molecular weight is 248 g/mol. The van der Waals surface area contributed by atoms with Gasteiger partial charge in [-0.1, -0.05) is 12.2 Å². The largest absolute Gasteiger partial charge is 0.399 e. The molecule has 0 spiro atoms. The van der Waals surface area contributed by atoms with Crippen LogP contribution in [0, 0.1) is 12.7 Å². The number of nitrogen functional groups attached to an aromatic ring is 1. The number of carbonyl (C=O) groups excluding carboxylic acids is 1. The van der Waals surface area contributed by atoms with E-state index in [4.69, 9.17) is 5.73 Å². The van der Waals surface area contributed by atoms with E-state index in [1.54, 1.807) is 6.92 Å². The lowest BCUT2D eigenvalue weighted by molar-refractivity contribution is 0.0930. The Labute approximate surface area is 106 Å². The zero-order chi connectivity index (χ0) is 13.1. The number of hydrogen-bond acceptors (Lipinski definition) is 2. The first kappa shape index (κ1) is 12.6. The van der Waals surface area contributed by atoms with Crippen LogP contribution in [-0.2, 0) is 0 Å². The Morgan fingerprint density at radius 2 is 2.22 bits per heavy atom. The molecule has 0 fully saturated rings. The molecule has 0 heterocycles. The number of aryl methyl sites for hydroxylation is 1. The Morgan fingerprint density at radius 3 is 2.89 bits per heavy atom. The summed E-state index contributed by atoms with van der Waals surface area (Å²) in [7, 11) is 0. The summed E-state index contributed by atoms with van der Waals surface area (Å²) in [5.41, 5.74) is 6.47. The molecule has 1 aliphatic rings. The molecule has 1 amide bonds. The van der Waals surface area contributed by atoms with Crippen molar-refractivity contribution in [3.63, 3.8) is 0 Å². The molecular formula is C14H17FN2O. The second kappa shape index (κ2) is 5.21. The van der Waals surface area contributed by atoms with Crippen LogP contribution in [0.25, 0.3) is 0 Å².